The highest BCUT2D eigenvalue weighted by Crippen LogP contribution is 2.18. The van der Waals surface area contributed by atoms with Crippen LogP contribution in [0.2, 0.25) is 0 Å². The lowest BCUT2D eigenvalue weighted by Gasteiger charge is -2.08. The predicted octanol–water partition coefficient (Wildman–Crippen LogP) is -0.272. The van der Waals surface area contributed by atoms with Crippen LogP contribution in [0.3, 0.4) is 0 Å². The molecule has 1 unspecified atom stereocenters. The molecular formula is C8H12N6O. The Morgan fingerprint density at radius 2 is 2.40 bits per heavy atom. The maximum Gasteiger partial charge on any atom is 0.224 e. The first-order chi connectivity index (χ1) is 7.16. The van der Waals surface area contributed by atoms with E-state index < -0.39 is 6.10 Å². The minimum absolute atomic E-state index is 0.167. The van der Waals surface area contributed by atoms with Crippen LogP contribution in [-0.4, -0.2) is 37.9 Å². The second kappa shape index (κ2) is 3.70. The second-order valence-corrected chi connectivity index (χ2v) is 3.29. The van der Waals surface area contributed by atoms with Crippen LogP contribution in [-0.2, 0) is 0 Å². The van der Waals surface area contributed by atoms with Crippen molar-refractivity contribution in [2.45, 2.75) is 13.0 Å². The molecule has 0 aromatic carbocycles. The molecule has 15 heavy (non-hydrogen) atoms. The number of nitrogen functional groups attached to an aromatic ring is 1. The minimum atomic E-state index is -0.455. The molecule has 0 fully saturated rings. The molecule has 0 aliphatic carbocycles. The highest BCUT2D eigenvalue weighted by Gasteiger charge is 2.07. The van der Waals surface area contributed by atoms with Crippen LogP contribution >= 0.6 is 0 Å². The zero-order valence-corrected chi connectivity index (χ0v) is 8.23. The van der Waals surface area contributed by atoms with Crippen molar-refractivity contribution in [1.82, 2.24) is 20.2 Å². The molecule has 0 radical (unpaired) electrons. The van der Waals surface area contributed by atoms with E-state index in [-0.39, 0.29) is 5.95 Å². The lowest BCUT2D eigenvalue weighted by Crippen LogP contribution is -2.16. The average molecular weight is 208 g/mol. The third-order valence-electron chi connectivity index (χ3n) is 1.89. The van der Waals surface area contributed by atoms with Crippen molar-refractivity contribution in [3.8, 4) is 0 Å². The smallest absolute Gasteiger partial charge is 0.224 e. The fourth-order valence-electron chi connectivity index (χ4n) is 1.23. The number of aliphatic hydroxyl groups is 1. The molecule has 1 atom stereocenters. The standard InChI is InChI=1S/C8H12N6O/c1-4(15)2-10-6-5-3-11-14-7(5)13-8(9)12-6/h3-4,15H,2H2,1H3,(H4,9,10,11,12,13,14). The number of aliphatic hydroxyl groups excluding tert-OH is 1. The molecule has 2 rings (SSSR count). The summed E-state index contributed by atoms with van der Waals surface area (Å²) in [5.74, 6) is 0.743. The number of fused-ring (bicyclic) bond motifs is 1. The number of hydrogen-bond acceptors (Lipinski definition) is 6. The molecule has 0 bridgehead atoms. The molecule has 0 saturated heterocycles. The van der Waals surface area contributed by atoms with Gasteiger partial charge in [0.15, 0.2) is 5.65 Å². The van der Waals surface area contributed by atoms with E-state index in [0.29, 0.717) is 18.0 Å². The van der Waals surface area contributed by atoms with Gasteiger partial charge in [0.05, 0.1) is 17.7 Å². The van der Waals surface area contributed by atoms with Crippen LogP contribution in [0.4, 0.5) is 11.8 Å². The molecule has 7 nitrogen and oxygen atoms in total. The van der Waals surface area contributed by atoms with E-state index in [2.05, 4.69) is 25.5 Å². The first-order valence-electron chi connectivity index (χ1n) is 4.55. The lowest BCUT2D eigenvalue weighted by atomic mass is 10.3. The molecule has 80 valence electrons. The summed E-state index contributed by atoms with van der Waals surface area (Å²) < 4.78 is 0. The van der Waals surface area contributed by atoms with Gasteiger partial charge in [-0.1, -0.05) is 0 Å². The first-order valence-corrected chi connectivity index (χ1v) is 4.55. The summed E-state index contributed by atoms with van der Waals surface area (Å²) in [7, 11) is 0. The summed E-state index contributed by atoms with van der Waals surface area (Å²) in [6.07, 6.45) is 1.15. The molecule has 0 saturated carbocycles. The lowest BCUT2D eigenvalue weighted by molar-refractivity contribution is 0.208. The number of nitrogens with two attached hydrogens (primary N) is 1. The van der Waals surface area contributed by atoms with Gasteiger partial charge in [0.25, 0.3) is 0 Å². The maximum atomic E-state index is 9.15. The number of rotatable bonds is 3. The summed E-state index contributed by atoms with van der Waals surface area (Å²) in [5, 5.41) is 19.4. The molecule has 5 N–H and O–H groups in total. The van der Waals surface area contributed by atoms with Crippen LogP contribution < -0.4 is 11.1 Å². The zero-order valence-electron chi connectivity index (χ0n) is 8.23. The van der Waals surface area contributed by atoms with E-state index in [9.17, 15) is 0 Å². The van der Waals surface area contributed by atoms with E-state index >= 15 is 0 Å². The molecule has 0 aliphatic heterocycles. The van der Waals surface area contributed by atoms with Gasteiger partial charge < -0.3 is 16.2 Å². The van der Waals surface area contributed by atoms with E-state index in [1.807, 2.05) is 0 Å². The van der Waals surface area contributed by atoms with Crippen LogP contribution in [0.15, 0.2) is 6.20 Å². The van der Waals surface area contributed by atoms with Gasteiger partial charge in [-0.2, -0.15) is 15.1 Å². The molecule has 0 spiro atoms. The van der Waals surface area contributed by atoms with E-state index in [1.54, 1.807) is 13.1 Å². The Labute approximate surface area is 85.7 Å². The van der Waals surface area contributed by atoms with Crippen molar-refractivity contribution < 1.29 is 5.11 Å². The Kier molecular flexibility index (Phi) is 2.38. The minimum Gasteiger partial charge on any atom is -0.392 e. The third kappa shape index (κ3) is 1.96. The topological polar surface area (TPSA) is 113 Å². The van der Waals surface area contributed by atoms with Crippen molar-refractivity contribution in [1.29, 1.82) is 0 Å². The van der Waals surface area contributed by atoms with Crippen molar-refractivity contribution >= 4 is 22.8 Å². The molecule has 0 amide bonds. The Balaban J connectivity index is 2.35. The van der Waals surface area contributed by atoms with Gasteiger partial charge in [-0.3, -0.25) is 5.10 Å². The fourth-order valence-corrected chi connectivity index (χ4v) is 1.23. The van der Waals surface area contributed by atoms with Gasteiger partial charge in [-0.05, 0) is 6.92 Å². The zero-order chi connectivity index (χ0) is 10.8. The number of anilines is 2. The highest BCUT2D eigenvalue weighted by molar-refractivity contribution is 5.86. The number of hydrogen-bond donors (Lipinski definition) is 4. The monoisotopic (exact) mass is 208 g/mol. The summed E-state index contributed by atoms with van der Waals surface area (Å²) >= 11 is 0. The van der Waals surface area contributed by atoms with Crippen LogP contribution in [0.1, 0.15) is 6.92 Å². The molecular weight excluding hydrogens is 196 g/mol. The summed E-state index contributed by atoms with van der Waals surface area (Å²) in [4.78, 5) is 8.00. The van der Waals surface area contributed by atoms with Crippen molar-refractivity contribution in [3.05, 3.63) is 6.20 Å². The van der Waals surface area contributed by atoms with Gasteiger partial charge in [0.1, 0.15) is 5.82 Å². The molecule has 7 heteroatoms. The summed E-state index contributed by atoms with van der Waals surface area (Å²) in [6.45, 7) is 2.08. The Morgan fingerprint density at radius 1 is 1.60 bits per heavy atom. The van der Waals surface area contributed by atoms with Gasteiger partial charge in [0, 0.05) is 6.54 Å². The largest absolute Gasteiger partial charge is 0.392 e. The number of H-pyrrole nitrogens is 1. The third-order valence-corrected chi connectivity index (χ3v) is 1.89. The molecule has 2 aromatic heterocycles. The SMILES string of the molecule is CC(O)CNc1nc(N)nc2[nH]ncc12. The number of nitrogens with zero attached hydrogens (tertiary/aromatic N) is 3. The van der Waals surface area contributed by atoms with Gasteiger partial charge >= 0.3 is 0 Å². The van der Waals surface area contributed by atoms with Gasteiger partial charge in [-0.15, -0.1) is 0 Å². The fraction of sp³-hybridized carbons (Fsp3) is 0.375. The number of nitrogens with one attached hydrogen (secondary N) is 2. The van der Waals surface area contributed by atoms with Gasteiger partial charge in [-0.25, -0.2) is 0 Å². The first kappa shape index (κ1) is 9.66. The summed E-state index contributed by atoms with van der Waals surface area (Å²) in [5.41, 5.74) is 6.10. The Hall–Kier alpha value is -1.89. The van der Waals surface area contributed by atoms with Crippen LogP contribution in [0.5, 0.6) is 0 Å². The second-order valence-electron chi connectivity index (χ2n) is 3.29. The van der Waals surface area contributed by atoms with E-state index in [1.165, 1.54) is 0 Å². The Bertz CT molecular complexity index is 465. The highest BCUT2D eigenvalue weighted by atomic mass is 16.3. The van der Waals surface area contributed by atoms with Crippen molar-refractivity contribution in [2.75, 3.05) is 17.6 Å². The van der Waals surface area contributed by atoms with Crippen LogP contribution in [0, 0.1) is 0 Å². The van der Waals surface area contributed by atoms with E-state index in [4.69, 9.17) is 10.8 Å². The quantitative estimate of drug-likeness (QED) is 0.552. The van der Waals surface area contributed by atoms with Crippen molar-refractivity contribution in [3.63, 3.8) is 0 Å². The molecule has 2 heterocycles. The molecule has 0 aliphatic rings. The maximum absolute atomic E-state index is 9.15. The Morgan fingerprint density at radius 3 is 3.13 bits per heavy atom. The summed E-state index contributed by atoms with van der Waals surface area (Å²) in [6, 6.07) is 0. The van der Waals surface area contributed by atoms with E-state index in [0.717, 1.165) is 5.39 Å². The van der Waals surface area contributed by atoms with Crippen molar-refractivity contribution in [2.24, 2.45) is 0 Å². The van der Waals surface area contributed by atoms with Crippen LogP contribution in [0.25, 0.3) is 11.0 Å². The normalized spacial score (nSPS) is 12.9. The average Bonchev–Trinajstić information content (AvgIpc) is 2.61. The van der Waals surface area contributed by atoms with Gasteiger partial charge in [0.2, 0.25) is 5.95 Å². The molecule has 2 aromatic rings. The number of aromatic nitrogens is 4. The predicted molar refractivity (Wildman–Crippen MR) is 56.3 cm³/mol. The number of aromatic amines is 1.